The molecule has 7 heteroatoms. The van der Waals surface area contributed by atoms with Crippen LogP contribution in [0.25, 0.3) is 0 Å². The van der Waals surface area contributed by atoms with E-state index in [-0.39, 0.29) is 12.5 Å². The fourth-order valence-corrected chi connectivity index (χ4v) is 2.76. The van der Waals surface area contributed by atoms with Crippen molar-refractivity contribution in [1.82, 2.24) is 5.43 Å². The molecule has 3 rings (SSSR count). The molecule has 0 bridgehead atoms. The van der Waals surface area contributed by atoms with Crippen LogP contribution in [0.2, 0.25) is 0 Å². The van der Waals surface area contributed by atoms with E-state index in [4.69, 9.17) is 14.2 Å². The SMILES string of the molecule is CCOc1cc(/C=N/NC(=O)COc2ccccc2C)ccc1OC(=O)c1ccccc1. The summed E-state index contributed by atoms with van der Waals surface area (Å²) in [7, 11) is 0. The molecule has 0 aromatic heterocycles. The number of aryl methyl sites for hydroxylation is 1. The number of hydrogen-bond acceptors (Lipinski definition) is 6. The highest BCUT2D eigenvalue weighted by molar-refractivity contribution is 5.91. The lowest BCUT2D eigenvalue weighted by molar-refractivity contribution is -0.123. The van der Waals surface area contributed by atoms with Crippen LogP contribution in [0.3, 0.4) is 0 Å². The molecule has 0 saturated carbocycles. The van der Waals surface area contributed by atoms with E-state index in [1.807, 2.05) is 38.1 Å². The molecule has 0 fully saturated rings. The van der Waals surface area contributed by atoms with Crippen molar-refractivity contribution >= 4 is 18.1 Å². The molecule has 0 saturated heterocycles. The predicted molar refractivity (Wildman–Crippen MR) is 121 cm³/mol. The van der Waals surface area contributed by atoms with Crippen molar-refractivity contribution in [2.24, 2.45) is 5.10 Å². The van der Waals surface area contributed by atoms with Crippen LogP contribution in [-0.4, -0.2) is 31.3 Å². The number of hydrazone groups is 1. The van der Waals surface area contributed by atoms with E-state index in [1.165, 1.54) is 6.21 Å². The lowest BCUT2D eigenvalue weighted by atomic mass is 10.2. The average Bonchev–Trinajstić information content (AvgIpc) is 2.81. The zero-order valence-electron chi connectivity index (χ0n) is 17.9. The molecule has 32 heavy (non-hydrogen) atoms. The fourth-order valence-electron chi connectivity index (χ4n) is 2.76. The third-order valence-corrected chi connectivity index (χ3v) is 4.33. The number of para-hydroxylation sites is 1. The van der Waals surface area contributed by atoms with Gasteiger partial charge in [-0.3, -0.25) is 4.79 Å². The molecule has 3 aromatic rings. The van der Waals surface area contributed by atoms with Crippen molar-refractivity contribution in [3.63, 3.8) is 0 Å². The van der Waals surface area contributed by atoms with Gasteiger partial charge in [0.25, 0.3) is 5.91 Å². The van der Waals surface area contributed by atoms with Gasteiger partial charge in [-0.15, -0.1) is 0 Å². The van der Waals surface area contributed by atoms with E-state index >= 15 is 0 Å². The first kappa shape index (κ1) is 22.6. The summed E-state index contributed by atoms with van der Waals surface area (Å²) in [5, 5.41) is 3.95. The number of esters is 1. The van der Waals surface area contributed by atoms with Gasteiger partial charge in [-0.2, -0.15) is 5.10 Å². The molecule has 0 aliphatic rings. The Bertz CT molecular complexity index is 1100. The summed E-state index contributed by atoms with van der Waals surface area (Å²) in [5.74, 6) is 0.480. The maximum absolute atomic E-state index is 12.3. The van der Waals surface area contributed by atoms with E-state index < -0.39 is 5.97 Å². The molecule has 7 nitrogen and oxygen atoms in total. The van der Waals surface area contributed by atoms with E-state index in [2.05, 4.69) is 10.5 Å². The Kier molecular flexibility index (Phi) is 7.97. The van der Waals surface area contributed by atoms with Gasteiger partial charge in [0.2, 0.25) is 0 Å². The van der Waals surface area contributed by atoms with E-state index in [9.17, 15) is 9.59 Å². The highest BCUT2D eigenvalue weighted by atomic mass is 16.6. The molecule has 0 aliphatic heterocycles. The lowest BCUT2D eigenvalue weighted by Crippen LogP contribution is -2.24. The van der Waals surface area contributed by atoms with Crippen molar-refractivity contribution in [2.75, 3.05) is 13.2 Å². The Hall–Kier alpha value is -4.13. The minimum Gasteiger partial charge on any atom is -0.490 e. The van der Waals surface area contributed by atoms with Crippen LogP contribution >= 0.6 is 0 Å². The van der Waals surface area contributed by atoms with Crippen molar-refractivity contribution < 1.29 is 23.8 Å². The molecule has 0 spiro atoms. The predicted octanol–water partition coefficient (Wildman–Crippen LogP) is 4.14. The van der Waals surface area contributed by atoms with Crippen LogP contribution in [0.1, 0.15) is 28.4 Å². The first-order valence-electron chi connectivity index (χ1n) is 10.1. The van der Waals surface area contributed by atoms with Crippen LogP contribution in [0.15, 0.2) is 77.9 Å². The standard InChI is InChI=1S/C25H24N2O5/c1-3-30-23-15-19(13-14-22(23)32-25(29)20-10-5-4-6-11-20)16-26-27-24(28)17-31-21-12-8-7-9-18(21)2/h4-16H,3,17H2,1-2H3,(H,27,28)/b26-16+. The van der Waals surface area contributed by atoms with Gasteiger partial charge in [-0.1, -0.05) is 36.4 Å². The second-order valence-corrected chi connectivity index (χ2v) is 6.74. The summed E-state index contributed by atoms with van der Waals surface area (Å²) < 4.78 is 16.6. The third kappa shape index (κ3) is 6.43. The summed E-state index contributed by atoms with van der Waals surface area (Å²) in [6, 6.07) is 21.2. The molecule has 164 valence electrons. The smallest absolute Gasteiger partial charge is 0.343 e. The highest BCUT2D eigenvalue weighted by Crippen LogP contribution is 2.29. The Morgan fingerprint density at radius 2 is 1.66 bits per heavy atom. The second-order valence-electron chi connectivity index (χ2n) is 6.74. The molecule has 1 N–H and O–H groups in total. The van der Waals surface area contributed by atoms with E-state index in [0.29, 0.717) is 35.0 Å². The van der Waals surface area contributed by atoms with Gasteiger partial charge in [0.05, 0.1) is 18.4 Å². The maximum Gasteiger partial charge on any atom is 0.343 e. The fraction of sp³-hybridized carbons (Fsp3) is 0.160. The summed E-state index contributed by atoms with van der Waals surface area (Å²) in [5.41, 5.74) is 4.47. The molecule has 0 heterocycles. The summed E-state index contributed by atoms with van der Waals surface area (Å²) >= 11 is 0. The number of nitrogens with one attached hydrogen (secondary N) is 1. The molecule has 0 atom stereocenters. The van der Waals surface area contributed by atoms with Crippen molar-refractivity contribution in [1.29, 1.82) is 0 Å². The quantitative estimate of drug-likeness (QED) is 0.238. The molecule has 1 amide bonds. The van der Waals surface area contributed by atoms with Crippen LogP contribution in [0, 0.1) is 6.92 Å². The largest absolute Gasteiger partial charge is 0.490 e. The molecule has 0 aliphatic carbocycles. The number of hydrogen-bond donors (Lipinski definition) is 1. The van der Waals surface area contributed by atoms with Gasteiger partial charge in [0.1, 0.15) is 5.75 Å². The van der Waals surface area contributed by atoms with E-state index in [0.717, 1.165) is 5.56 Å². The van der Waals surface area contributed by atoms with Gasteiger partial charge in [-0.25, -0.2) is 10.2 Å². The van der Waals surface area contributed by atoms with Gasteiger partial charge >= 0.3 is 5.97 Å². The minimum atomic E-state index is -0.478. The summed E-state index contributed by atoms with van der Waals surface area (Å²) in [6.07, 6.45) is 1.47. The van der Waals surface area contributed by atoms with Crippen molar-refractivity contribution in [3.05, 3.63) is 89.5 Å². The molecule has 0 unspecified atom stereocenters. The van der Waals surface area contributed by atoms with Crippen molar-refractivity contribution in [2.45, 2.75) is 13.8 Å². The van der Waals surface area contributed by atoms with Gasteiger partial charge in [0, 0.05) is 0 Å². The molecule has 3 aromatic carbocycles. The lowest BCUT2D eigenvalue weighted by Gasteiger charge is -2.11. The van der Waals surface area contributed by atoms with Crippen LogP contribution in [0.5, 0.6) is 17.2 Å². The monoisotopic (exact) mass is 432 g/mol. The third-order valence-electron chi connectivity index (χ3n) is 4.33. The normalized spacial score (nSPS) is 10.6. The number of nitrogens with zero attached hydrogens (tertiary/aromatic N) is 1. The molecule has 0 radical (unpaired) electrons. The Morgan fingerprint density at radius 1 is 0.906 bits per heavy atom. The van der Waals surface area contributed by atoms with Gasteiger partial charge < -0.3 is 14.2 Å². The van der Waals surface area contributed by atoms with Crippen LogP contribution in [0.4, 0.5) is 0 Å². The first-order valence-corrected chi connectivity index (χ1v) is 10.1. The number of rotatable bonds is 9. The topological polar surface area (TPSA) is 86.2 Å². The Labute approximate surface area is 186 Å². The zero-order valence-corrected chi connectivity index (χ0v) is 17.9. The van der Waals surface area contributed by atoms with Gasteiger partial charge in [-0.05, 0) is 61.4 Å². The average molecular weight is 432 g/mol. The van der Waals surface area contributed by atoms with Crippen LogP contribution in [-0.2, 0) is 4.79 Å². The van der Waals surface area contributed by atoms with Gasteiger partial charge in [0.15, 0.2) is 18.1 Å². The maximum atomic E-state index is 12.3. The Balaban J connectivity index is 1.59. The minimum absolute atomic E-state index is 0.152. The number of carbonyl (C=O) groups excluding carboxylic acids is 2. The number of ether oxygens (including phenoxy) is 3. The second kappa shape index (κ2) is 11.3. The Morgan fingerprint density at radius 3 is 2.41 bits per heavy atom. The van der Waals surface area contributed by atoms with Crippen LogP contribution < -0.4 is 19.6 Å². The summed E-state index contributed by atoms with van der Waals surface area (Å²) in [4.78, 5) is 24.3. The number of benzene rings is 3. The van der Waals surface area contributed by atoms with E-state index in [1.54, 1.807) is 48.5 Å². The number of carbonyl (C=O) groups is 2. The highest BCUT2D eigenvalue weighted by Gasteiger charge is 2.13. The molecular weight excluding hydrogens is 408 g/mol. The molecular formula is C25H24N2O5. The summed E-state index contributed by atoms with van der Waals surface area (Å²) in [6.45, 7) is 3.98. The zero-order chi connectivity index (χ0) is 22.8. The first-order chi connectivity index (χ1) is 15.6. The van der Waals surface area contributed by atoms with Crippen molar-refractivity contribution in [3.8, 4) is 17.2 Å². The number of amides is 1.